The molecule has 1 N–H and O–H groups in total. The van der Waals surface area contributed by atoms with Gasteiger partial charge in [0.2, 0.25) is 0 Å². The van der Waals surface area contributed by atoms with E-state index in [0.29, 0.717) is 0 Å². The smallest absolute Gasteiger partial charge is 0.0147 e. The topological polar surface area (TPSA) is 12.0 Å². The first-order valence-corrected chi connectivity index (χ1v) is 8.79. The Labute approximate surface area is 120 Å². The summed E-state index contributed by atoms with van der Waals surface area (Å²) in [6.45, 7) is 6.03. The zero-order chi connectivity index (χ0) is 13.5. The molecule has 1 heterocycles. The number of hydrogen-bond donors (Lipinski definition) is 1. The largest absolute Gasteiger partial charge is 0.388 e. The van der Waals surface area contributed by atoms with Crippen molar-refractivity contribution >= 4 is 0 Å². The van der Waals surface area contributed by atoms with Crippen molar-refractivity contribution < 1.29 is 0 Å². The summed E-state index contributed by atoms with van der Waals surface area (Å²) in [4.78, 5) is 0. The molecule has 0 bridgehead atoms. The Morgan fingerprint density at radius 1 is 1.00 bits per heavy atom. The summed E-state index contributed by atoms with van der Waals surface area (Å²) in [7, 11) is 0. The van der Waals surface area contributed by atoms with E-state index in [4.69, 9.17) is 0 Å². The average Bonchev–Trinajstić information content (AvgIpc) is 2.47. The van der Waals surface area contributed by atoms with Gasteiger partial charge in [0, 0.05) is 12.2 Å². The van der Waals surface area contributed by atoms with Crippen LogP contribution < -0.4 is 5.32 Å². The molecular weight excluding hydrogens is 230 g/mol. The molecule has 19 heavy (non-hydrogen) atoms. The lowest BCUT2D eigenvalue weighted by atomic mass is 9.82. The maximum Gasteiger partial charge on any atom is 0.0147 e. The Morgan fingerprint density at radius 3 is 2.53 bits per heavy atom. The zero-order valence-corrected chi connectivity index (χ0v) is 13.1. The van der Waals surface area contributed by atoms with Gasteiger partial charge in [0.1, 0.15) is 0 Å². The van der Waals surface area contributed by atoms with E-state index in [1.54, 1.807) is 11.3 Å². The maximum atomic E-state index is 3.80. The van der Waals surface area contributed by atoms with Gasteiger partial charge in [-0.3, -0.25) is 0 Å². The predicted octanol–water partition coefficient (Wildman–Crippen LogP) is 5.42. The Balaban J connectivity index is 2.18. The van der Waals surface area contributed by atoms with Crippen LogP contribution in [0.5, 0.6) is 0 Å². The van der Waals surface area contributed by atoms with Gasteiger partial charge in [-0.1, -0.05) is 52.4 Å². The highest BCUT2D eigenvalue weighted by Gasteiger charge is 2.23. The van der Waals surface area contributed by atoms with Crippen LogP contribution in [0.2, 0.25) is 0 Å². The molecule has 1 aliphatic carbocycles. The molecule has 2 atom stereocenters. The fraction of sp³-hybridized carbons (Fsp3) is 0.889. The molecule has 0 saturated heterocycles. The second-order valence-electron chi connectivity index (χ2n) is 6.70. The van der Waals surface area contributed by atoms with Gasteiger partial charge in [-0.15, -0.1) is 0 Å². The Bertz CT molecular complexity index is 292. The van der Waals surface area contributed by atoms with Gasteiger partial charge >= 0.3 is 0 Å². The quantitative estimate of drug-likeness (QED) is 0.701. The van der Waals surface area contributed by atoms with Crippen molar-refractivity contribution in [1.82, 2.24) is 5.32 Å². The molecule has 0 aromatic carbocycles. The first-order chi connectivity index (χ1) is 9.33. The highest BCUT2D eigenvalue weighted by Crippen LogP contribution is 2.34. The van der Waals surface area contributed by atoms with E-state index in [-0.39, 0.29) is 0 Å². The molecule has 2 unspecified atom stereocenters. The van der Waals surface area contributed by atoms with E-state index in [2.05, 4.69) is 19.2 Å². The van der Waals surface area contributed by atoms with Gasteiger partial charge in [0.25, 0.3) is 0 Å². The highest BCUT2D eigenvalue weighted by atomic mass is 14.9. The standard InChI is InChI=1S/C18H33N/c1-3-10-16-12-8-6-4-5-7-11-15(2)17-13-9-14-19-18(16)17/h15-16,19H,3-14H2,1-2H3. The van der Waals surface area contributed by atoms with Crippen molar-refractivity contribution in [3.05, 3.63) is 11.3 Å². The van der Waals surface area contributed by atoms with Crippen molar-refractivity contribution in [3.8, 4) is 0 Å². The highest BCUT2D eigenvalue weighted by molar-refractivity contribution is 5.20. The lowest BCUT2D eigenvalue weighted by Crippen LogP contribution is -2.29. The third-order valence-corrected chi connectivity index (χ3v) is 5.11. The van der Waals surface area contributed by atoms with E-state index >= 15 is 0 Å². The van der Waals surface area contributed by atoms with E-state index in [0.717, 1.165) is 11.8 Å². The second kappa shape index (κ2) is 7.97. The van der Waals surface area contributed by atoms with Gasteiger partial charge in [0.15, 0.2) is 0 Å². The molecule has 0 aromatic heterocycles. The summed E-state index contributed by atoms with van der Waals surface area (Å²) in [5.74, 6) is 1.65. The number of rotatable bonds is 2. The van der Waals surface area contributed by atoms with E-state index in [1.807, 2.05) is 0 Å². The first kappa shape index (κ1) is 14.9. The Kier molecular flexibility index (Phi) is 6.26. The van der Waals surface area contributed by atoms with Crippen molar-refractivity contribution in [1.29, 1.82) is 0 Å². The minimum absolute atomic E-state index is 0.820. The molecule has 0 aromatic rings. The van der Waals surface area contributed by atoms with Gasteiger partial charge in [-0.05, 0) is 49.5 Å². The molecule has 0 spiro atoms. The first-order valence-electron chi connectivity index (χ1n) is 8.79. The SMILES string of the molecule is CCCC1CCCCCCCC(C)C2=C1NCCC2. The molecule has 0 saturated carbocycles. The van der Waals surface area contributed by atoms with E-state index < -0.39 is 0 Å². The lowest BCUT2D eigenvalue weighted by Gasteiger charge is -2.31. The lowest BCUT2D eigenvalue weighted by molar-refractivity contribution is 0.424. The second-order valence-corrected chi connectivity index (χ2v) is 6.70. The van der Waals surface area contributed by atoms with Crippen LogP contribution in [-0.4, -0.2) is 6.54 Å². The van der Waals surface area contributed by atoms with Crippen LogP contribution in [0.1, 0.15) is 84.5 Å². The normalized spacial score (nSPS) is 30.2. The van der Waals surface area contributed by atoms with Crippen LogP contribution in [0.4, 0.5) is 0 Å². The molecule has 1 aliphatic heterocycles. The number of nitrogens with one attached hydrogen (secondary N) is 1. The molecule has 1 nitrogen and oxygen atoms in total. The molecule has 2 rings (SSSR count). The van der Waals surface area contributed by atoms with Gasteiger partial charge < -0.3 is 5.32 Å². The van der Waals surface area contributed by atoms with Crippen molar-refractivity contribution in [2.75, 3.05) is 6.54 Å². The number of hydrogen-bond acceptors (Lipinski definition) is 1. The number of allylic oxidation sites excluding steroid dienone is 2. The monoisotopic (exact) mass is 263 g/mol. The van der Waals surface area contributed by atoms with Gasteiger partial charge in [0.05, 0.1) is 0 Å². The summed E-state index contributed by atoms with van der Waals surface area (Å²) in [5.41, 5.74) is 3.48. The van der Waals surface area contributed by atoms with Crippen molar-refractivity contribution in [2.45, 2.75) is 84.5 Å². The van der Waals surface area contributed by atoms with Gasteiger partial charge in [-0.25, -0.2) is 0 Å². The third-order valence-electron chi connectivity index (χ3n) is 5.11. The zero-order valence-electron chi connectivity index (χ0n) is 13.1. The molecule has 0 fully saturated rings. The Hall–Kier alpha value is -0.460. The van der Waals surface area contributed by atoms with Crippen LogP contribution in [0.15, 0.2) is 11.3 Å². The summed E-state index contributed by atoms with van der Waals surface area (Å²) >= 11 is 0. The summed E-state index contributed by atoms with van der Waals surface area (Å²) in [6.07, 6.45) is 15.5. The van der Waals surface area contributed by atoms with Gasteiger partial charge in [-0.2, -0.15) is 0 Å². The molecule has 0 radical (unpaired) electrons. The molecule has 0 amide bonds. The minimum Gasteiger partial charge on any atom is -0.388 e. The van der Waals surface area contributed by atoms with Crippen molar-refractivity contribution in [3.63, 3.8) is 0 Å². The molecular formula is C18H33N. The van der Waals surface area contributed by atoms with Crippen LogP contribution in [0.25, 0.3) is 0 Å². The van der Waals surface area contributed by atoms with Crippen LogP contribution in [0.3, 0.4) is 0 Å². The van der Waals surface area contributed by atoms with E-state index in [1.165, 1.54) is 77.2 Å². The molecule has 1 heteroatoms. The molecule has 2 aliphatic rings. The fourth-order valence-electron chi connectivity index (χ4n) is 4.00. The van der Waals surface area contributed by atoms with Crippen LogP contribution >= 0.6 is 0 Å². The summed E-state index contributed by atoms with van der Waals surface area (Å²) in [6, 6.07) is 0. The Morgan fingerprint density at radius 2 is 1.74 bits per heavy atom. The summed E-state index contributed by atoms with van der Waals surface area (Å²) in [5, 5.41) is 3.80. The maximum absolute atomic E-state index is 3.80. The third kappa shape index (κ3) is 4.26. The average molecular weight is 263 g/mol. The van der Waals surface area contributed by atoms with Crippen LogP contribution in [-0.2, 0) is 0 Å². The molecule has 110 valence electrons. The van der Waals surface area contributed by atoms with Crippen molar-refractivity contribution in [2.24, 2.45) is 11.8 Å². The van der Waals surface area contributed by atoms with Crippen LogP contribution in [0, 0.1) is 11.8 Å². The van der Waals surface area contributed by atoms with E-state index in [9.17, 15) is 0 Å². The predicted molar refractivity (Wildman–Crippen MR) is 84.1 cm³/mol. The minimum atomic E-state index is 0.820. The summed E-state index contributed by atoms with van der Waals surface area (Å²) < 4.78 is 0. The fourth-order valence-corrected chi connectivity index (χ4v) is 4.00.